The van der Waals surface area contributed by atoms with E-state index in [9.17, 15) is 13.8 Å². The average molecular weight is 235 g/mol. The molecule has 0 radical (unpaired) electrons. The molecule has 0 aromatic rings. The molecule has 0 saturated heterocycles. The molecule has 0 heterocycles. The molecule has 6 heteroatoms. The number of hydrogen-bond donors (Lipinski definition) is 1. The molecule has 0 fully saturated rings. The van der Waals surface area contributed by atoms with E-state index in [0.717, 1.165) is 12.8 Å². The molecule has 1 N–H and O–H groups in total. The van der Waals surface area contributed by atoms with Crippen LogP contribution in [0.4, 0.5) is 0 Å². The minimum absolute atomic E-state index is 0.202. The first-order valence-electron chi connectivity index (χ1n) is 4.78. The maximum atomic E-state index is 11.4. The Morgan fingerprint density at radius 1 is 1.33 bits per heavy atom. The zero-order valence-corrected chi connectivity index (χ0v) is 9.88. The van der Waals surface area contributed by atoms with Gasteiger partial charge in [0.1, 0.15) is 11.5 Å². The smallest absolute Gasteiger partial charge is 0.316 e. The van der Waals surface area contributed by atoms with Gasteiger partial charge in [-0.1, -0.05) is 13.3 Å². The Morgan fingerprint density at radius 3 is 2.40 bits per heavy atom. The maximum Gasteiger partial charge on any atom is 0.316 e. The molecule has 0 saturated carbocycles. The summed E-state index contributed by atoms with van der Waals surface area (Å²) in [5.41, 5.74) is 0. The number of carboxylic acids is 1. The maximum absolute atomic E-state index is 11.4. The third-order valence-electron chi connectivity index (χ3n) is 1.84. The molecule has 1 atom stereocenters. The van der Waals surface area contributed by atoms with Gasteiger partial charge in [-0.15, -0.1) is 0 Å². The van der Waals surface area contributed by atoms with E-state index in [-0.39, 0.29) is 11.7 Å². The first-order chi connectivity index (χ1) is 6.97. The summed E-state index contributed by atoms with van der Waals surface area (Å²) < 4.78 is 11.1. The van der Waals surface area contributed by atoms with Crippen LogP contribution in [0.5, 0.6) is 0 Å². The van der Waals surface area contributed by atoms with Gasteiger partial charge in [-0.05, 0) is 6.42 Å². The van der Waals surface area contributed by atoms with Crippen LogP contribution in [0.2, 0.25) is 0 Å². The molecule has 0 bridgehead atoms. The normalized spacial score (nSPS) is 12.1. The summed E-state index contributed by atoms with van der Waals surface area (Å²) in [4.78, 5) is 23.1. The Kier molecular flexibility index (Phi) is 6.94. The fourth-order valence-corrected chi connectivity index (χ4v) is 1.83. The first kappa shape index (κ1) is 14.1. The Labute approximate surface area is 91.9 Å². The molecule has 0 aliphatic heterocycles. The van der Waals surface area contributed by atoms with E-state index in [2.05, 4.69) is 0 Å². The van der Waals surface area contributed by atoms with Crippen molar-refractivity contribution in [3.63, 3.8) is 0 Å². The van der Waals surface area contributed by atoms with Gasteiger partial charge in [0.15, 0.2) is 0 Å². The lowest BCUT2D eigenvalue weighted by atomic mass is 10.3. The van der Waals surface area contributed by atoms with E-state index in [1.807, 2.05) is 6.92 Å². The molecule has 0 rings (SSSR count). The zero-order valence-electron chi connectivity index (χ0n) is 9.06. The molecule has 0 aliphatic rings. The number of hydrogen-bond acceptors (Lipinski definition) is 3. The summed E-state index contributed by atoms with van der Waals surface area (Å²) in [6, 6.07) is 0. The van der Waals surface area contributed by atoms with Gasteiger partial charge in [0.05, 0.1) is 0 Å². The molecule has 5 nitrogen and oxygen atoms in total. The lowest BCUT2D eigenvalue weighted by molar-refractivity contribution is -0.134. The molecule has 0 aromatic heterocycles. The second kappa shape index (κ2) is 7.39. The standard InChI is InChI=1S/C9H17NO4S/c1-3-4-5-10(2)8(11)6-15(14)7-9(12)13/h3-7H2,1-2H3,(H,12,13). The fraction of sp³-hybridized carbons (Fsp3) is 0.778. The van der Waals surface area contributed by atoms with E-state index in [0.29, 0.717) is 6.54 Å². The van der Waals surface area contributed by atoms with Crippen LogP contribution >= 0.6 is 0 Å². The van der Waals surface area contributed by atoms with E-state index >= 15 is 0 Å². The highest BCUT2D eigenvalue weighted by Gasteiger charge is 2.14. The zero-order chi connectivity index (χ0) is 11.8. The molecule has 0 aromatic carbocycles. The van der Waals surface area contributed by atoms with E-state index in [4.69, 9.17) is 5.11 Å². The van der Waals surface area contributed by atoms with Crippen molar-refractivity contribution in [3.05, 3.63) is 0 Å². The summed E-state index contributed by atoms with van der Waals surface area (Å²) in [5.74, 6) is -2.07. The van der Waals surface area contributed by atoms with Crippen molar-refractivity contribution < 1.29 is 18.9 Å². The summed E-state index contributed by atoms with van der Waals surface area (Å²) in [5, 5.41) is 8.36. The number of aliphatic carboxylic acids is 1. The molecule has 1 unspecified atom stereocenters. The summed E-state index contributed by atoms with van der Waals surface area (Å²) in [6.45, 7) is 2.64. The third kappa shape index (κ3) is 7.07. The van der Waals surface area contributed by atoms with E-state index in [1.54, 1.807) is 7.05 Å². The fourth-order valence-electron chi connectivity index (χ4n) is 0.957. The van der Waals surface area contributed by atoms with Crippen LogP contribution in [-0.2, 0) is 20.4 Å². The van der Waals surface area contributed by atoms with Crippen molar-refractivity contribution in [1.29, 1.82) is 0 Å². The van der Waals surface area contributed by atoms with Crippen molar-refractivity contribution in [3.8, 4) is 0 Å². The van der Waals surface area contributed by atoms with Crippen LogP contribution in [0.25, 0.3) is 0 Å². The van der Waals surface area contributed by atoms with Crippen molar-refractivity contribution in [2.45, 2.75) is 19.8 Å². The van der Waals surface area contributed by atoms with Gasteiger partial charge in [-0.3, -0.25) is 13.8 Å². The van der Waals surface area contributed by atoms with Gasteiger partial charge in [0.2, 0.25) is 5.91 Å². The van der Waals surface area contributed by atoms with Crippen LogP contribution in [0, 0.1) is 0 Å². The number of rotatable bonds is 7. The number of carbonyl (C=O) groups excluding carboxylic acids is 1. The second-order valence-corrected chi connectivity index (χ2v) is 4.75. The summed E-state index contributed by atoms with van der Waals surface area (Å²) in [7, 11) is 0.0378. The molecule has 88 valence electrons. The Morgan fingerprint density at radius 2 is 1.93 bits per heavy atom. The minimum Gasteiger partial charge on any atom is -0.481 e. The minimum atomic E-state index is -1.60. The average Bonchev–Trinajstić information content (AvgIpc) is 2.12. The Bertz CT molecular complexity index is 254. The Balaban J connectivity index is 3.90. The van der Waals surface area contributed by atoms with E-state index < -0.39 is 22.5 Å². The van der Waals surface area contributed by atoms with Crippen molar-refractivity contribution in [1.82, 2.24) is 4.90 Å². The Hall–Kier alpha value is -0.910. The molecular weight excluding hydrogens is 218 g/mol. The highest BCUT2D eigenvalue weighted by atomic mass is 32.2. The van der Waals surface area contributed by atoms with Crippen LogP contribution in [0.15, 0.2) is 0 Å². The van der Waals surface area contributed by atoms with E-state index in [1.165, 1.54) is 4.90 Å². The van der Waals surface area contributed by atoms with Crippen molar-refractivity contribution >= 4 is 22.7 Å². The predicted molar refractivity (Wildman–Crippen MR) is 58.1 cm³/mol. The van der Waals surface area contributed by atoms with Gasteiger partial charge in [-0.25, -0.2) is 0 Å². The largest absolute Gasteiger partial charge is 0.481 e. The SMILES string of the molecule is CCCCN(C)C(=O)CS(=O)CC(=O)O. The molecular formula is C9H17NO4S. The van der Waals surface area contributed by atoms with Crippen molar-refractivity contribution in [2.75, 3.05) is 25.1 Å². The van der Waals surface area contributed by atoms with Gasteiger partial charge in [0.25, 0.3) is 0 Å². The molecule has 0 aliphatic carbocycles. The van der Waals surface area contributed by atoms with Crippen LogP contribution in [0.1, 0.15) is 19.8 Å². The summed E-state index contributed by atoms with van der Waals surface area (Å²) >= 11 is 0. The number of unbranched alkanes of at least 4 members (excludes halogenated alkanes) is 1. The second-order valence-electron chi connectivity index (χ2n) is 3.29. The lowest BCUT2D eigenvalue weighted by Gasteiger charge is -2.15. The number of nitrogens with zero attached hydrogens (tertiary/aromatic N) is 1. The highest BCUT2D eigenvalue weighted by Crippen LogP contribution is 1.94. The summed E-state index contributed by atoms with van der Waals surface area (Å²) in [6.07, 6.45) is 1.88. The van der Waals surface area contributed by atoms with Crippen molar-refractivity contribution in [2.24, 2.45) is 0 Å². The van der Waals surface area contributed by atoms with Gasteiger partial charge in [0, 0.05) is 24.4 Å². The highest BCUT2D eigenvalue weighted by molar-refractivity contribution is 7.86. The van der Waals surface area contributed by atoms with Gasteiger partial charge in [-0.2, -0.15) is 0 Å². The van der Waals surface area contributed by atoms with Crippen LogP contribution < -0.4 is 0 Å². The number of carboxylic acid groups (broad SMARTS) is 1. The topological polar surface area (TPSA) is 74.7 Å². The quantitative estimate of drug-likeness (QED) is 0.678. The number of carbonyl (C=O) groups is 2. The first-order valence-corrected chi connectivity index (χ1v) is 6.27. The predicted octanol–water partition coefficient (Wildman–Crippen LogP) is 0.0782. The molecule has 15 heavy (non-hydrogen) atoms. The molecule has 1 amide bonds. The van der Waals surface area contributed by atoms with Gasteiger partial charge < -0.3 is 10.0 Å². The van der Waals surface area contributed by atoms with Gasteiger partial charge >= 0.3 is 5.97 Å². The number of amides is 1. The lowest BCUT2D eigenvalue weighted by Crippen LogP contribution is -2.32. The molecule has 0 spiro atoms. The monoisotopic (exact) mass is 235 g/mol. The van der Waals surface area contributed by atoms with Crippen LogP contribution in [-0.4, -0.2) is 51.2 Å². The van der Waals surface area contributed by atoms with Crippen LogP contribution in [0.3, 0.4) is 0 Å². The third-order valence-corrected chi connectivity index (χ3v) is 2.98.